The van der Waals surface area contributed by atoms with Gasteiger partial charge in [-0.3, -0.25) is 0 Å². The fraction of sp³-hybridized carbons (Fsp3) is 0.308. The Morgan fingerprint density at radius 2 is 2.00 bits per heavy atom. The monoisotopic (exact) mass is 233 g/mol. The summed E-state index contributed by atoms with van der Waals surface area (Å²) in [5.41, 5.74) is 2.42. The highest BCUT2D eigenvalue weighted by atomic mass is 32.1. The number of hydrogen-bond acceptors (Lipinski definition) is 3. The predicted octanol–water partition coefficient (Wildman–Crippen LogP) is 2.60. The van der Waals surface area contributed by atoms with Crippen LogP contribution in [0.5, 0.6) is 0 Å². The van der Waals surface area contributed by atoms with Crippen molar-refractivity contribution in [1.29, 1.82) is 0 Å². The number of rotatable bonds is 4. The lowest BCUT2D eigenvalue weighted by molar-refractivity contribution is 0.175. The van der Waals surface area contributed by atoms with Gasteiger partial charge in [0.15, 0.2) is 0 Å². The lowest BCUT2D eigenvalue weighted by Gasteiger charge is -2.08. The third-order valence-electron chi connectivity index (χ3n) is 2.49. The topological polar surface area (TPSA) is 33.1 Å². The minimum atomic E-state index is -0.339. The lowest BCUT2D eigenvalue weighted by atomic mass is 10.0. The van der Waals surface area contributed by atoms with Gasteiger partial charge in [-0.25, -0.2) is 4.98 Å². The maximum absolute atomic E-state index is 9.91. The number of benzene rings is 1. The number of aromatic nitrogens is 1. The van der Waals surface area contributed by atoms with Gasteiger partial charge >= 0.3 is 0 Å². The summed E-state index contributed by atoms with van der Waals surface area (Å²) in [5, 5.41) is 12.8. The molecule has 0 aliphatic carbocycles. The molecule has 0 bridgehead atoms. The van der Waals surface area contributed by atoms with Crippen LogP contribution in [0.1, 0.15) is 16.1 Å². The Morgan fingerprint density at radius 3 is 2.62 bits per heavy atom. The normalized spacial score (nSPS) is 12.6. The first-order valence-corrected chi connectivity index (χ1v) is 6.24. The molecule has 0 saturated heterocycles. The summed E-state index contributed by atoms with van der Waals surface area (Å²) < 4.78 is 0. The van der Waals surface area contributed by atoms with Crippen LogP contribution >= 0.6 is 11.3 Å². The molecule has 16 heavy (non-hydrogen) atoms. The van der Waals surface area contributed by atoms with Crippen LogP contribution in [0.25, 0.3) is 0 Å². The van der Waals surface area contributed by atoms with Crippen LogP contribution < -0.4 is 0 Å². The molecule has 1 N–H and O–H groups in total. The van der Waals surface area contributed by atoms with Crippen LogP contribution in [-0.4, -0.2) is 16.2 Å². The molecule has 0 saturated carbocycles. The molecule has 1 unspecified atom stereocenters. The minimum absolute atomic E-state index is 0.339. The highest BCUT2D eigenvalue weighted by Gasteiger charge is 2.08. The van der Waals surface area contributed by atoms with Crippen LogP contribution in [0.2, 0.25) is 0 Å². The molecule has 0 spiro atoms. The second-order valence-electron chi connectivity index (χ2n) is 3.97. The highest BCUT2D eigenvalue weighted by molar-refractivity contribution is 7.09. The lowest BCUT2D eigenvalue weighted by Crippen LogP contribution is -2.13. The van der Waals surface area contributed by atoms with Gasteiger partial charge in [0.1, 0.15) is 0 Å². The quantitative estimate of drug-likeness (QED) is 0.880. The number of aliphatic hydroxyl groups is 1. The minimum Gasteiger partial charge on any atom is -0.392 e. The van der Waals surface area contributed by atoms with Gasteiger partial charge < -0.3 is 5.11 Å². The third-order valence-corrected chi connectivity index (χ3v) is 3.29. The summed E-state index contributed by atoms with van der Waals surface area (Å²) in [7, 11) is 0. The Labute approximate surface area is 99.6 Å². The van der Waals surface area contributed by atoms with Crippen molar-refractivity contribution in [2.24, 2.45) is 0 Å². The van der Waals surface area contributed by atoms with Gasteiger partial charge in [-0.1, -0.05) is 29.8 Å². The van der Waals surface area contributed by atoms with Gasteiger partial charge in [0.25, 0.3) is 0 Å². The van der Waals surface area contributed by atoms with E-state index in [2.05, 4.69) is 36.2 Å². The smallest absolute Gasteiger partial charge is 0.0950 e. The summed E-state index contributed by atoms with van der Waals surface area (Å²) in [6, 6.07) is 8.29. The fourth-order valence-corrected chi connectivity index (χ4v) is 2.31. The zero-order valence-corrected chi connectivity index (χ0v) is 10.1. The summed E-state index contributed by atoms with van der Waals surface area (Å²) in [6.07, 6.45) is 2.78. The molecule has 84 valence electrons. The van der Waals surface area contributed by atoms with Crippen LogP contribution in [0.4, 0.5) is 0 Å². The van der Waals surface area contributed by atoms with Crippen molar-refractivity contribution in [3.8, 4) is 0 Å². The second-order valence-corrected chi connectivity index (χ2v) is 4.95. The molecule has 0 amide bonds. The largest absolute Gasteiger partial charge is 0.392 e. The SMILES string of the molecule is Cc1ccc(CC(O)Cc2nccs2)cc1. The average Bonchev–Trinajstić information content (AvgIpc) is 2.74. The van der Waals surface area contributed by atoms with E-state index in [-0.39, 0.29) is 6.10 Å². The molecule has 0 fully saturated rings. The molecule has 2 aromatic rings. The van der Waals surface area contributed by atoms with E-state index >= 15 is 0 Å². The molecule has 1 atom stereocenters. The Bertz CT molecular complexity index is 422. The van der Waals surface area contributed by atoms with Crippen LogP contribution in [0.3, 0.4) is 0 Å². The summed E-state index contributed by atoms with van der Waals surface area (Å²) in [4.78, 5) is 4.17. The van der Waals surface area contributed by atoms with Gasteiger partial charge in [0, 0.05) is 18.0 Å². The van der Waals surface area contributed by atoms with Crippen molar-refractivity contribution in [2.75, 3.05) is 0 Å². The van der Waals surface area contributed by atoms with Gasteiger partial charge in [0.2, 0.25) is 0 Å². The van der Waals surface area contributed by atoms with E-state index in [9.17, 15) is 5.11 Å². The van der Waals surface area contributed by atoms with E-state index in [4.69, 9.17) is 0 Å². The Balaban J connectivity index is 1.92. The zero-order chi connectivity index (χ0) is 11.4. The molecule has 2 nitrogen and oxygen atoms in total. The molecular weight excluding hydrogens is 218 g/mol. The Morgan fingerprint density at radius 1 is 1.25 bits per heavy atom. The molecule has 0 radical (unpaired) electrons. The summed E-state index contributed by atoms with van der Waals surface area (Å²) in [6.45, 7) is 2.07. The van der Waals surface area contributed by atoms with Crippen molar-refractivity contribution in [2.45, 2.75) is 25.9 Å². The molecule has 1 heterocycles. The van der Waals surface area contributed by atoms with E-state index in [0.717, 1.165) is 5.01 Å². The van der Waals surface area contributed by atoms with E-state index in [1.54, 1.807) is 17.5 Å². The zero-order valence-electron chi connectivity index (χ0n) is 9.26. The molecule has 2 rings (SSSR count). The number of aryl methyl sites for hydroxylation is 1. The average molecular weight is 233 g/mol. The maximum Gasteiger partial charge on any atom is 0.0950 e. The van der Waals surface area contributed by atoms with Gasteiger partial charge in [-0.2, -0.15) is 0 Å². The van der Waals surface area contributed by atoms with Crippen molar-refractivity contribution < 1.29 is 5.11 Å². The number of nitrogens with zero attached hydrogens (tertiary/aromatic N) is 1. The predicted molar refractivity (Wildman–Crippen MR) is 66.7 cm³/mol. The number of hydrogen-bond donors (Lipinski definition) is 1. The Hall–Kier alpha value is -1.19. The molecule has 0 aliphatic rings. The molecular formula is C13H15NOS. The van der Waals surface area contributed by atoms with Gasteiger partial charge in [-0.15, -0.1) is 11.3 Å². The Kier molecular flexibility index (Phi) is 3.70. The molecule has 3 heteroatoms. The van der Waals surface area contributed by atoms with Crippen molar-refractivity contribution in [3.63, 3.8) is 0 Å². The van der Waals surface area contributed by atoms with E-state index in [1.807, 2.05) is 5.38 Å². The first-order chi connectivity index (χ1) is 7.74. The van der Waals surface area contributed by atoms with Gasteiger partial charge in [0.05, 0.1) is 11.1 Å². The van der Waals surface area contributed by atoms with Crippen molar-refractivity contribution >= 4 is 11.3 Å². The van der Waals surface area contributed by atoms with E-state index in [0.29, 0.717) is 12.8 Å². The summed E-state index contributed by atoms with van der Waals surface area (Å²) in [5.74, 6) is 0. The molecule has 0 aliphatic heterocycles. The first kappa shape index (κ1) is 11.3. The van der Waals surface area contributed by atoms with Gasteiger partial charge in [-0.05, 0) is 18.9 Å². The molecule has 1 aromatic carbocycles. The van der Waals surface area contributed by atoms with Crippen LogP contribution in [0, 0.1) is 6.92 Å². The van der Waals surface area contributed by atoms with Crippen molar-refractivity contribution in [1.82, 2.24) is 4.98 Å². The maximum atomic E-state index is 9.91. The second kappa shape index (κ2) is 5.23. The van der Waals surface area contributed by atoms with E-state index in [1.165, 1.54) is 11.1 Å². The van der Waals surface area contributed by atoms with Crippen LogP contribution in [0.15, 0.2) is 35.8 Å². The number of thiazole rings is 1. The fourth-order valence-electron chi connectivity index (χ4n) is 1.62. The standard InChI is InChI=1S/C13H15NOS/c1-10-2-4-11(5-3-10)8-12(15)9-13-14-6-7-16-13/h2-7,12,15H,8-9H2,1H3. The third kappa shape index (κ3) is 3.15. The number of aliphatic hydroxyl groups excluding tert-OH is 1. The summed E-state index contributed by atoms with van der Waals surface area (Å²) >= 11 is 1.59. The molecule has 1 aromatic heterocycles. The van der Waals surface area contributed by atoms with E-state index < -0.39 is 0 Å². The highest BCUT2D eigenvalue weighted by Crippen LogP contribution is 2.11. The van der Waals surface area contributed by atoms with Crippen molar-refractivity contribution in [3.05, 3.63) is 52.0 Å². The van der Waals surface area contributed by atoms with Crippen LogP contribution in [-0.2, 0) is 12.8 Å². The first-order valence-electron chi connectivity index (χ1n) is 5.36.